The summed E-state index contributed by atoms with van der Waals surface area (Å²) in [4.78, 5) is 2.00. The normalized spacial score (nSPS) is 18.2. The summed E-state index contributed by atoms with van der Waals surface area (Å²) in [5.41, 5.74) is 1.34. The van der Waals surface area contributed by atoms with E-state index in [1.165, 1.54) is 6.07 Å². The molecule has 0 bridgehead atoms. The van der Waals surface area contributed by atoms with Gasteiger partial charge < -0.3 is 5.32 Å². The predicted octanol–water partition coefficient (Wildman–Crippen LogP) is 2.47. The van der Waals surface area contributed by atoms with Crippen molar-refractivity contribution in [3.8, 4) is 0 Å². The smallest absolute Gasteiger partial charge is 0.128 e. The van der Waals surface area contributed by atoms with E-state index >= 15 is 0 Å². The van der Waals surface area contributed by atoms with Crippen LogP contribution in [0.5, 0.6) is 0 Å². The lowest BCUT2D eigenvalue weighted by Crippen LogP contribution is -2.45. The Balaban J connectivity index is 0.00000162. The SMILES string of the molecule is Cc1ccc([C@@H](CF)N2CCNCC2)c(F)c1.Cl. The highest BCUT2D eigenvalue weighted by molar-refractivity contribution is 5.85. The van der Waals surface area contributed by atoms with Crippen molar-refractivity contribution in [2.75, 3.05) is 32.9 Å². The maximum atomic E-state index is 13.8. The second-order valence-electron chi connectivity index (χ2n) is 4.48. The van der Waals surface area contributed by atoms with E-state index in [9.17, 15) is 8.78 Å². The third-order valence-electron chi connectivity index (χ3n) is 3.25. The van der Waals surface area contributed by atoms with Gasteiger partial charge in [0, 0.05) is 31.7 Å². The van der Waals surface area contributed by atoms with Gasteiger partial charge in [-0.1, -0.05) is 12.1 Å². The van der Waals surface area contributed by atoms with Gasteiger partial charge in [0.25, 0.3) is 0 Å². The number of alkyl halides is 1. The number of aryl methyl sites for hydroxylation is 1. The van der Waals surface area contributed by atoms with Gasteiger partial charge in [0.15, 0.2) is 0 Å². The van der Waals surface area contributed by atoms with Gasteiger partial charge in [0.05, 0.1) is 6.04 Å². The molecule has 0 spiro atoms. The van der Waals surface area contributed by atoms with Crippen LogP contribution in [0, 0.1) is 12.7 Å². The van der Waals surface area contributed by atoms with E-state index < -0.39 is 12.7 Å². The van der Waals surface area contributed by atoms with E-state index in [1.54, 1.807) is 6.07 Å². The van der Waals surface area contributed by atoms with Gasteiger partial charge in [0.2, 0.25) is 0 Å². The number of piperazine rings is 1. The first-order chi connectivity index (χ1) is 8.22. The summed E-state index contributed by atoms with van der Waals surface area (Å²) in [6.45, 7) is 4.50. The fraction of sp³-hybridized carbons (Fsp3) is 0.538. The van der Waals surface area contributed by atoms with Crippen molar-refractivity contribution < 1.29 is 8.78 Å². The quantitative estimate of drug-likeness (QED) is 0.912. The molecule has 1 N–H and O–H groups in total. The van der Waals surface area contributed by atoms with Crippen LogP contribution in [0.3, 0.4) is 0 Å². The zero-order chi connectivity index (χ0) is 12.3. The highest BCUT2D eigenvalue weighted by atomic mass is 35.5. The highest BCUT2D eigenvalue weighted by Gasteiger charge is 2.24. The molecule has 1 aromatic rings. The molecule has 0 aromatic heterocycles. The molecule has 2 rings (SSSR count). The van der Waals surface area contributed by atoms with Crippen molar-refractivity contribution >= 4 is 12.4 Å². The molecule has 0 unspecified atom stereocenters. The van der Waals surface area contributed by atoms with Crippen LogP contribution < -0.4 is 5.32 Å². The van der Waals surface area contributed by atoms with Gasteiger partial charge in [0.1, 0.15) is 12.5 Å². The van der Waals surface area contributed by atoms with Crippen LogP contribution in [0.25, 0.3) is 0 Å². The third-order valence-corrected chi connectivity index (χ3v) is 3.25. The second-order valence-corrected chi connectivity index (χ2v) is 4.48. The van der Waals surface area contributed by atoms with Crippen LogP contribution >= 0.6 is 12.4 Å². The maximum Gasteiger partial charge on any atom is 0.128 e. The molecule has 0 saturated carbocycles. The van der Waals surface area contributed by atoms with Crippen molar-refractivity contribution in [1.82, 2.24) is 10.2 Å². The van der Waals surface area contributed by atoms with Crippen LogP contribution in [0.2, 0.25) is 0 Å². The average Bonchev–Trinajstić information content (AvgIpc) is 2.34. The van der Waals surface area contributed by atoms with Gasteiger partial charge in [-0.15, -0.1) is 12.4 Å². The van der Waals surface area contributed by atoms with Crippen molar-refractivity contribution in [2.45, 2.75) is 13.0 Å². The standard InChI is InChI=1S/C13H18F2N2.ClH/c1-10-2-3-11(12(15)8-10)13(9-14)17-6-4-16-5-7-17;/h2-3,8,13,16H,4-7,9H2,1H3;1H/t13-;/m1./s1. The van der Waals surface area contributed by atoms with Gasteiger partial charge in [-0.2, -0.15) is 0 Å². The molecule has 0 radical (unpaired) electrons. The first kappa shape index (κ1) is 15.3. The minimum Gasteiger partial charge on any atom is -0.314 e. The molecule has 0 amide bonds. The number of nitrogens with zero attached hydrogens (tertiary/aromatic N) is 1. The Morgan fingerprint density at radius 1 is 1.33 bits per heavy atom. The molecular weight excluding hydrogens is 258 g/mol. The first-order valence-corrected chi connectivity index (χ1v) is 5.99. The summed E-state index contributed by atoms with van der Waals surface area (Å²) in [6, 6.07) is 4.57. The zero-order valence-corrected chi connectivity index (χ0v) is 11.3. The predicted molar refractivity (Wildman–Crippen MR) is 71.5 cm³/mol. The van der Waals surface area contributed by atoms with Crippen molar-refractivity contribution in [1.29, 1.82) is 0 Å². The molecule has 5 heteroatoms. The van der Waals surface area contributed by atoms with Crippen LogP contribution in [0.4, 0.5) is 8.78 Å². The second kappa shape index (κ2) is 7.02. The summed E-state index contributed by atoms with van der Waals surface area (Å²) < 4.78 is 27.0. The van der Waals surface area contributed by atoms with E-state index in [0.717, 1.165) is 31.7 Å². The largest absolute Gasteiger partial charge is 0.314 e. The maximum absolute atomic E-state index is 13.8. The summed E-state index contributed by atoms with van der Waals surface area (Å²) in [5, 5.41) is 3.21. The molecule has 102 valence electrons. The van der Waals surface area contributed by atoms with E-state index in [4.69, 9.17) is 0 Å². The highest BCUT2D eigenvalue weighted by Crippen LogP contribution is 2.25. The van der Waals surface area contributed by atoms with Crippen LogP contribution in [-0.4, -0.2) is 37.8 Å². The average molecular weight is 277 g/mol. The summed E-state index contributed by atoms with van der Waals surface area (Å²) in [7, 11) is 0. The van der Waals surface area contributed by atoms with E-state index in [0.29, 0.717) is 5.56 Å². The molecule has 1 aliphatic rings. The van der Waals surface area contributed by atoms with Gasteiger partial charge in [-0.25, -0.2) is 8.78 Å². The number of hydrogen-bond acceptors (Lipinski definition) is 2. The molecule has 1 heterocycles. The Hall–Kier alpha value is -0.710. The number of nitrogens with one attached hydrogen (secondary N) is 1. The number of halogens is 3. The molecule has 1 aliphatic heterocycles. The van der Waals surface area contributed by atoms with Gasteiger partial charge >= 0.3 is 0 Å². The Kier molecular flexibility index (Phi) is 5.99. The Morgan fingerprint density at radius 3 is 2.56 bits per heavy atom. The Morgan fingerprint density at radius 2 is 2.00 bits per heavy atom. The zero-order valence-electron chi connectivity index (χ0n) is 10.5. The van der Waals surface area contributed by atoms with Crippen molar-refractivity contribution in [3.63, 3.8) is 0 Å². The summed E-state index contributed by atoms with van der Waals surface area (Å²) >= 11 is 0. The van der Waals surface area contributed by atoms with Crippen LogP contribution in [-0.2, 0) is 0 Å². The van der Waals surface area contributed by atoms with E-state index in [2.05, 4.69) is 5.32 Å². The Bertz CT molecular complexity index is 381. The molecular formula is C13H19ClF2N2. The molecule has 0 aliphatic carbocycles. The summed E-state index contributed by atoms with van der Waals surface area (Å²) in [6.07, 6.45) is 0. The topological polar surface area (TPSA) is 15.3 Å². The van der Waals surface area contributed by atoms with Crippen molar-refractivity contribution in [2.24, 2.45) is 0 Å². The molecule has 1 aromatic carbocycles. The number of hydrogen-bond donors (Lipinski definition) is 1. The molecule has 18 heavy (non-hydrogen) atoms. The van der Waals surface area contributed by atoms with Crippen LogP contribution in [0.1, 0.15) is 17.2 Å². The van der Waals surface area contributed by atoms with Crippen LogP contribution in [0.15, 0.2) is 18.2 Å². The first-order valence-electron chi connectivity index (χ1n) is 5.99. The molecule has 1 atom stereocenters. The number of benzene rings is 1. The van der Waals surface area contributed by atoms with Gasteiger partial charge in [-0.05, 0) is 18.6 Å². The minimum atomic E-state index is -0.542. The Labute approximate surface area is 113 Å². The minimum absolute atomic E-state index is 0. The summed E-state index contributed by atoms with van der Waals surface area (Å²) in [5.74, 6) is -0.300. The fourth-order valence-corrected chi connectivity index (χ4v) is 2.27. The fourth-order valence-electron chi connectivity index (χ4n) is 2.27. The van der Waals surface area contributed by atoms with Gasteiger partial charge in [-0.3, -0.25) is 4.90 Å². The lowest BCUT2D eigenvalue weighted by atomic mass is 10.0. The molecule has 1 saturated heterocycles. The van der Waals surface area contributed by atoms with E-state index in [-0.39, 0.29) is 18.2 Å². The lowest BCUT2D eigenvalue weighted by Gasteiger charge is -2.33. The third kappa shape index (κ3) is 3.40. The van der Waals surface area contributed by atoms with E-state index in [1.807, 2.05) is 17.9 Å². The number of rotatable bonds is 3. The molecule has 2 nitrogen and oxygen atoms in total. The van der Waals surface area contributed by atoms with Crippen molar-refractivity contribution in [3.05, 3.63) is 35.1 Å². The monoisotopic (exact) mass is 276 g/mol. The molecule has 1 fully saturated rings. The lowest BCUT2D eigenvalue weighted by molar-refractivity contribution is 0.144.